The van der Waals surface area contributed by atoms with Crippen LogP contribution in [0.25, 0.3) is 10.8 Å². The third-order valence-electron chi connectivity index (χ3n) is 5.73. The number of rotatable bonds is 2. The summed E-state index contributed by atoms with van der Waals surface area (Å²) in [5.74, 6) is -1.51. The second-order valence-corrected chi connectivity index (χ2v) is 7.50. The molecule has 0 radical (unpaired) electrons. The average Bonchev–Trinajstić information content (AvgIpc) is 3.29. The van der Waals surface area contributed by atoms with Crippen LogP contribution in [0.3, 0.4) is 0 Å². The quantitative estimate of drug-likeness (QED) is 0.396. The minimum atomic E-state index is -0.493. The second kappa shape index (κ2) is 5.92. The van der Waals surface area contributed by atoms with E-state index >= 15 is 0 Å². The molecule has 0 amide bonds. The van der Waals surface area contributed by atoms with E-state index in [0.29, 0.717) is 22.9 Å². The van der Waals surface area contributed by atoms with Gasteiger partial charge in [0.1, 0.15) is 11.5 Å². The first-order valence-corrected chi connectivity index (χ1v) is 9.21. The predicted octanol–water partition coefficient (Wildman–Crippen LogP) is 1.89. The van der Waals surface area contributed by atoms with Crippen molar-refractivity contribution < 1.29 is 19.8 Å². The molecule has 5 rings (SSSR count). The number of hydrogen-bond donors (Lipinski definition) is 4. The fraction of sp³-hybridized carbons (Fsp3) is 0.238. The number of nitrogens with two attached hydrogens (primary N) is 1. The Labute approximate surface area is 160 Å². The van der Waals surface area contributed by atoms with E-state index in [1.807, 2.05) is 0 Å². The number of aromatic hydroxyl groups is 2. The number of carbonyl (C=O) groups excluding carboxylic acids is 2. The lowest BCUT2D eigenvalue weighted by Crippen LogP contribution is -2.27. The number of aromatic amines is 1. The van der Waals surface area contributed by atoms with Gasteiger partial charge in [-0.1, -0.05) is 24.3 Å². The Morgan fingerprint density at radius 1 is 1.04 bits per heavy atom. The highest BCUT2D eigenvalue weighted by Crippen LogP contribution is 2.44. The monoisotopic (exact) mass is 377 g/mol. The van der Waals surface area contributed by atoms with E-state index in [1.54, 1.807) is 30.5 Å². The van der Waals surface area contributed by atoms with Crippen LogP contribution in [0.15, 0.2) is 30.5 Å². The largest absolute Gasteiger partial charge is 0.506 e. The first kappa shape index (κ1) is 17.0. The van der Waals surface area contributed by atoms with Crippen LogP contribution >= 0.6 is 0 Å². The summed E-state index contributed by atoms with van der Waals surface area (Å²) < 4.78 is 0. The van der Waals surface area contributed by atoms with E-state index in [4.69, 9.17) is 5.73 Å². The molecule has 2 aromatic carbocycles. The van der Waals surface area contributed by atoms with E-state index in [0.717, 1.165) is 19.5 Å². The molecular weight excluding hydrogens is 358 g/mol. The number of nitrogens with one attached hydrogen (secondary N) is 1. The SMILES string of the molecule is N[C@H]1CCN(Cc2c[nH]c3c2C(=O)c2c(c(O)c4ccccc4c2O)C3=O)C1. The number of likely N-dealkylation sites (tertiary alicyclic amines) is 1. The summed E-state index contributed by atoms with van der Waals surface area (Å²) in [6, 6.07) is 6.73. The van der Waals surface area contributed by atoms with Crippen LogP contribution in [-0.4, -0.2) is 50.8 Å². The molecule has 7 nitrogen and oxygen atoms in total. The molecule has 1 aliphatic carbocycles. The fourth-order valence-corrected chi connectivity index (χ4v) is 4.37. The molecule has 0 spiro atoms. The van der Waals surface area contributed by atoms with Gasteiger partial charge in [-0.2, -0.15) is 0 Å². The van der Waals surface area contributed by atoms with Gasteiger partial charge < -0.3 is 20.9 Å². The Morgan fingerprint density at radius 3 is 2.29 bits per heavy atom. The van der Waals surface area contributed by atoms with Gasteiger partial charge in [-0.3, -0.25) is 14.5 Å². The lowest BCUT2D eigenvalue weighted by Gasteiger charge is -2.21. The normalized spacial score (nSPS) is 19.2. The Balaban J connectivity index is 1.67. The Kier molecular flexibility index (Phi) is 3.59. The summed E-state index contributed by atoms with van der Waals surface area (Å²) in [6.07, 6.45) is 2.55. The van der Waals surface area contributed by atoms with E-state index in [1.165, 1.54) is 0 Å². The molecule has 3 aromatic rings. The van der Waals surface area contributed by atoms with Crippen molar-refractivity contribution in [2.24, 2.45) is 5.73 Å². The average molecular weight is 377 g/mol. The van der Waals surface area contributed by atoms with Crippen molar-refractivity contribution in [1.29, 1.82) is 0 Å². The number of hydrogen-bond acceptors (Lipinski definition) is 6. The minimum absolute atomic E-state index is 0.111. The van der Waals surface area contributed by atoms with Crippen LogP contribution in [0, 0.1) is 0 Å². The highest BCUT2D eigenvalue weighted by molar-refractivity contribution is 6.32. The van der Waals surface area contributed by atoms with Crippen molar-refractivity contribution in [3.63, 3.8) is 0 Å². The number of ketones is 2. The highest BCUT2D eigenvalue weighted by atomic mass is 16.3. The summed E-state index contributed by atoms with van der Waals surface area (Å²) in [7, 11) is 0. The molecule has 2 heterocycles. The molecule has 28 heavy (non-hydrogen) atoms. The zero-order valence-electron chi connectivity index (χ0n) is 15.0. The Hall–Kier alpha value is -3.16. The summed E-state index contributed by atoms with van der Waals surface area (Å²) in [6.45, 7) is 2.06. The number of benzene rings is 2. The van der Waals surface area contributed by atoms with Crippen molar-refractivity contribution in [1.82, 2.24) is 9.88 Å². The lowest BCUT2D eigenvalue weighted by molar-refractivity contribution is 0.0971. The molecule has 1 fully saturated rings. The van der Waals surface area contributed by atoms with Crippen LogP contribution in [0.1, 0.15) is 44.0 Å². The maximum atomic E-state index is 13.3. The van der Waals surface area contributed by atoms with Gasteiger partial charge in [0.2, 0.25) is 5.78 Å². The maximum Gasteiger partial charge on any atom is 0.214 e. The molecule has 2 aliphatic rings. The number of H-pyrrole nitrogens is 1. The molecular formula is C21H19N3O4. The van der Waals surface area contributed by atoms with Gasteiger partial charge in [-0.05, 0) is 12.0 Å². The highest BCUT2D eigenvalue weighted by Gasteiger charge is 2.39. The van der Waals surface area contributed by atoms with E-state index in [9.17, 15) is 19.8 Å². The number of phenolic OH excluding ortho intramolecular Hbond substituents is 2. The molecule has 5 N–H and O–H groups in total. The van der Waals surface area contributed by atoms with Crippen LogP contribution in [0.4, 0.5) is 0 Å². The smallest absolute Gasteiger partial charge is 0.214 e. The standard InChI is InChI=1S/C21H19N3O4/c22-11-5-6-24(9-11)8-10-7-23-17-14(10)20(27)15-16(21(17)28)19(26)13-4-2-1-3-12(13)18(15)25/h1-4,7,11,23,25-26H,5-6,8-9,22H2/t11-/m0/s1. The number of nitrogens with zero attached hydrogens (tertiary/aromatic N) is 1. The van der Waals surface area contributed by atoms with Gasteiger partial charge in [-0.15, -0.1) is 0 Å². The van der Waals surface area contributed by atoms with Crippen LogP contribution in [-0.2, 0) is 6.54 Å². The molecule has 0 unspecified atom stereocenters. The summed E-state index contributed by atoms with van der Waals surface area (Å²) >= 11 is 0. The minimum Gasteiger partial charge on any atom is -0.506 e. The molecule has 142 valence electrons. The van der Waals surface area contributed by atoms with Crippen LogP contribution in [0.2, 0.25) is 0 Å². The molecule has 7 heteroatoms. The number of phenols is 2. The Bertz CT molecular complexity index is 1160. The van der Waals surface area contributed by atoms with Gasteiger partial charge in [0.25, 0.3) is 0 Å². The summed E-state index contributed by atoms with van der Waals surface area (Å²) in [4.78, 5) is 31.4. The van der Waals surface area contributed by atoms with Crippen molar-refractivity contribution in [2.75, 3.05) is 13.1 Å². The van der Waals surface area contributed by atoms with Gasteiger partial charge in [0, 0.05) is 42.6 Å². The summed E-state index contributed by atoms with van der Waals surface area (Å²) in [5, 5.41) is 22.1. The first-order chi connectivity index (χ1) is 13.5. The topological polar surface area (TPSA) is 120 Å². The van der Waals surface area contributed by atoms with E-state index in [2.05, 4.69) is 9.88 Å². The van der Waals surface area contributed by atoms with Gasteiger partial charge >= 0.3 is 0 Å². The third-order valence-corrected chi connectivity index (χ3v) is 5.73. The van der Waals surface area contributed by atoms with Crippen molar-refractivity contribution >= 4 is 22.3 Å². The van der Waals surface area contributed by atoms with Crippen molar-refractivity contribution in [2.45, 2.75) is 19.0 Å². The first-order valence-electron chi connectivity index (χ1n) is 9.21. The zero-order valence-corrected chi connectivity index (χ0v) is 15.0. The fourth-order valence-electron chi connectivity index (χ4n) is 4.37. The van der Waals surface area contributed by atoms with E-state index < -0.39 is 11.6 Å². The number of fused-ring (bicyclic) bond motifs is 3. The second-order valence-electron chi connectivity index (χ2n) is 7.50. The van der Waals surface area contributed by atoms with Gasteiger partial charge in [0.15, 0.2) is 5.78 Å². The molecule has 1 atom stereocenters. The third kappa shape index (κ3) is 2.23. The molecule has 0 saturated carbocycles. The molecule has 1 saturated heterocycles. The maximum absolute atomic E-state index is 13.3. The van der Waals surface area contributed by atoms with Gasteiger partial charge in [-0.25, -0.2) is 0 Å². The van der Waals surface area contributed by atoms with Gasteiger partial charge in [0.05, 0.1) is 22.4 Å². The van der Waals surface area contributed by atoms with Crippen LogP contribution in [0.5, 0.6) is 11.5 Å². The molecule has 1 aromatic heterocycles. The Morgan fingerprint density at radius 2 is 1.68 bits per heavy atom. The van der Waals surface area contributed by atoms with Crippen molar-refractivity contribution in [3.05, 3.63) is 58.4 Å². The van der Waals surface area contributed by atoms with Crippen molar-refractivity contribution in [3.8, 4) is 11.5 Å². The molecule has 0 bridgehead atoms. The molecule has 1 aliphatic heterocycles. The predicted molar refractivity (Wildman–Crippen MR) is 103 cm³/mol. The summed E-state index contributed by atoms with van der Waals surface area (Å²) in [5.41, 5.74) is 6.80. The van der Waals surface area contributed by atoms with Crippen LogP contribution < -0.4 is 5.73 Å². The zero-order chi connectivity index (χ0) is 19.6. The lowest BCUT2D eigenvalue weighted by atomic mass is 9.83. The number of carbonyl (C=O) groups is 2. The number of aromatic nitrogens is 1. The van der Waals surface area contributed by atoms with E-state index in [-0.39, 0.29) is 39.9 Å².